The summed E-state index contributed by atoms with van der Waals surface area (Å²) >= 11 is 0. The van der Waals surface area contributed by atoms with Crippen molar-refractivity contribution in [3.8, 4) is 0 Å². The molecule has 1 fully saturated rings. The number of carbonyl (C=O) groups excluding carboxylic acids is 3. The van der Waals surface area contributed by atoms with Gasteiger partial charge in [-0.25, -0.2) is 4.79 Å². The van der Waals surface area contributed by atoms with Crippen LogP contribution in [0, 0.1) is 13.8 Å². The van der Waals surface area contributed by atoms with E-state index in [9.17, 15) is 14.4 Å². The fourth-order valence-corrected chi connectivity index (χ4v) is 5.28. The van der Waals surface area contributed by atoms with Crippen LogP contribution in [0.5, 0.6) is 0 Å². The van der Waals surface area contributed by atoms with Gasteiger partial charge in [-0.1, -0.05) is 54.6 Å². The highest BCUT2D eigenvalue weighted by molar-refractivity contribution is 6.11. The molecule has 1 aliphatic heterocycles. The SMILES string of the molecule is Cc1cc(C(=O)CN2C(=O)N[C@]3(CCCc4ccccc43)C2=O)c(C)n1Cc1ccccc1. The van der Waals surface area contributed by atoms with Crippen LogP contribution in [0.2, 0.25) is 0 Å². The maximum atomic E-state index is 13.5. The Balaban J connectivity index is 1.40. The van der Waals surface area contributed by atoms with Crippen molar-refractivity contribution < 1.29 is 14.4 Å². The van der Waals surface area contributed by atoms with Crippen LogP contribution in [-0.4, -0.2) is 33.7 Å². The Hall–Kier alpha value is -3.67. The van der Waals surface area contributed by atoms with Crippen molar-refractivity contribution in [1.29, 1.82) is 0 Å². The maximum Gasteiger partial charge on any atom is 0.325 e. The molecule has 2 aliphatic rings. The molecule has 3 aromatic rings. The Morgan fingerprint density at radius 2 is 1.76 bits per heavy atom. The molecule has 2 heterocycles. The van der Waals surface area contributed by atoms with Crippen LogP contribution in [0.1, 0.15) is 51.3 Å². The summed E-state index contributed by atoms with van der Waals surface area (Å²) in [7, 11) is 0. The molecule has 0 unspecified atom stereocenters. The lowest BCUT2D eigenvalue weighted by Gasteiger charge is -2.33. The van der Waals surface area contributed by atoms with Crippen LogP contribution in [-0.2, 0) is 23.3 Å². The van der Waals surface area contributed by atoms with Crippen molar-refractivity contribution in [1.82, 2.24) is 14.8 Å². The van der Waals surface area contributed by atoms with E-state index in [1.54, 1.807) is 0 Å². The molecule has 1 aromatic heterocycles. The van der Waals surface area contributed by atoms with Gasteiger partial charge in [-0.3, -0.25) is 14.5 Å². The Morgan fingerprint density at radius 3 is 2.55 bits per heavy atom. The summed E-state index contributed by atoms with van der Waals surface area (Å²) in [5, 5.41) is 2.93. The van der Waals surface area contributed by atoms with E-state index >= 15 is 0 Å². The number of rotatable bonds is 5. The average Bonchev–Trinajstić information content (AvgIpc) is 3.23. The molecule has 2 aromatic carbocycles. The topological polar surface area (TPSA) is 71.4 Å². The summed E-state index contributed by atoms with van der Waals surface area (Å²) in [6, 6.07) is 19.2. The number of ketones is 1. The summed E-state index contributed by atoms with van der Waals surface area (Å²) < 4.78 is 2.09. The average molecular weight is 442 g/mol. The second kappa shape index (κ2) is 8.03. The molecule has 1 saturated heterocycles. The minimum absolute atomic E-state index is 0.230. The highest BCUT2D eigenvalue weighted by Gasteiger charge is 2.54. The molecule has 1 aliphatic carbocycles. The second-order valence-electron chi connectivity index (χ2n) is 9.02. The van der Waals surface area contributed by atoms with Gasteiger partial charge in [-0.2, -0.15) is 0 Å². The van der Waals surface area contributed by atoms with Crippen molar-refractivity contribution in [2.45, 2.75) is 45.2 Å². The van der Waals surface area contributed by atoms with Crippen molar-refractivity contribution in [2.24, 2.45) is 0 Å². The standard InChI is InChI=1S/C27H27N3O3/c1-18-15-22(19(2)29(18)16-20-9-4-3-5-10-20)24(31)17-30-25(32)27(28-26(30)33)14-8-12-21-11-6-7-13-23(21)27/h3-7,9-11,13,15H,8,12,14,16-17H2,1-2H3,(H,28,33)/t27-/m0/s1. The van der Waals surface area contributed by atoms with Gasteiger partial charge in [0.2, 0.25) is 0 Å². The zero-order valence-corrected chi connectivity index (χ0v) is 18.9. The molecular formula is C27H27N3O3. The third-order valence-corrected chi connectivity index (χ3v) is 7.01. The second-order valence-corrected chi connectivity index (χ2v) is 9.02. The van der Waals surface area contributed by atoms with Crippen LogP contribution in [0.25, 0.3) is 0 Å². The molecule has 0 saturated carbocycles. The first kappa shape index (κ1) is 21.2. The van der Waals surface area contributed by atoms with Gasteiger partial charge in [0.25, 0.3) is 5.91 Å². The van der Waals surface area contributed by atoms with Gasteiger partial charge in [-0.05, 0) is 55.9 Å². The zero-order chi connectivity index (χ0) is 23.2. The van der Waals surface area contributed by atoms with Gasteiger partial charge >= 0.3 is 6.03 Å². The van der Waals surface area contributed by atoms with Crippen LogP contribution >= 0.6 is 0 Å². The van der Waals surface area contributed by atoms with Crippen molar-refractivity contribution in [3.05, 3.63) is 94.3 Å². The normalized spacial score (nSPS) is 19.6. The minimum atomic E-state index is -1.06. The molecule has 1 atom stereocenters. The Labute approximate surface area is 193 Å². The van der Waals surface area contributed by atoms with E-state index in [0.717, 1.165) is 45.8 Å². The highest BCUT2D eigenvalue weighted by Crippen LogP contribution is 2.40. The van der Waals surface area contributed by atoms with E-state index in [1.807, 2.05) is 62.4 Å². The highest BCUT2D eigenvalue weighted by atomic mass is 16.2. The molecule has 0 bridgehead atoms. The number of hydrogen-bond acceptors (Lipinski definition) is 3. The molecule has 0 radical (unpaired) electrons. The van der Waals surface area contributed by atoms with Gasteiger partial charge in [0.15, 0.2) is 5.78 Å². The number of benzene rings is 2. The summed E-state index contributed by atoms with van der Waals surface area (Å²) in [6.45, 7) is 4.28. The Kier molecular flexibility index (Phi) is 5.16. The molecule has 6 nitrogen and oxygen atoms in total. The number of urea groups is 1. The Morgan fingerprint density at radius 1 is 1.03 bits per heavy atom. The van der Waals surface area contributed by atoms with E-state index in [2.05, 4.69) is 22.0 Å². The summed E-state index contributed by atoms with van der Waals surface area (Å²) in [5.74, 6) is -0.557. The van der Waals surface area contributed by atoms with Crippen molar-refractivity contribution in [3.63, 3.8) is 0 Å². The van der Waals surface area contributed by atoms with Gasteiger partial charge in [0.1, 0.15) is 5.54 Å². The first-order valence-electron chi connectivity index (χ1n) is 11.4. The molecule has 5 rings (SSSR count). The lowest BCUT2D eigenvalue weighted by atomic mass is 9.76. The van der Waals surface area contributed by atoms with E-state index in [4.69, 9.17) is 0 Å². The number of aromatic nitrogens is 1. The minimum Gasteiger partial charge on any atom is -0.344 e. The first-order valence-corrected chi connectivity index (χ1v) is 11.4. The number of imide groups is 1. The van der Waals surface area contributed by atoms with Crippen molar-refractivity contribution >= 4 is 17.7 Å². The molecule has 1 N–H and O–H groups in total. The lowest BCUT2D eigenvalue weighted by Crippen LogP contribution is -2.46. The number of aryl methyl sites for hydroxylation is 2. The Bertz CT molecular complexity index is 1260. The van der Waals surface area contributed by atoms with Gasteiger partial charge in [0.05, 0.1) is 6.54 Å². The smallest absolute Gasteiger partial charge is 0.325 e. The third-order valence-electron chi connectivity index (χ3n) is 7.01. The number of nitrogens with one attached hydrogen (secondary N) is 1. The van der Waals surface area contributed by atoms with Gasteiger partial charge < -0.3 is 9.88 Å². The lowest BCUT2D eigenvalue weighted by molar-refractivity contribution is -0.131. The summed E-state index contributed by atoms with van der Waals surface area (Å²) in [4.78, 5) is 40.7. The van der Waals surface area contributed by atoms with Crippen LogP contribution in [0.15, 0.2) is 60.7 Å². The van der Waals surface area contributed by atoms with Gasteiger partial charge in [0, 0.05) is 23.5 Å². The molecule has 6 heteroatoms. The number of hydrogen-bond donors (Lipinski definition) is 1. The summed E-state index contributed by atoms with van der Waals surface area (Å²) in [6.07, 6.45) is 2.24. The third kappa shape index (κ3) is 3.46. The van der Waals surface area contributed by atoms with Crippen LogP contribution in [0.3, 0.4) is 0 Å². The van der Waals surface area contributed by atoms with E-state index in [-0.39, 0.29) is 18.2 Å². The number of carbonyl (C=O) groups is 3. The zero-order valence-electron chi connectivity index (χ0n) is 18.9. The number of fused-ring (bicyclic) bond motifs is 2. The molecule has 3 amide bonds. The fourth-order valence-electron chi connectivity index (χ4n) is 5.28. The van der Waals surface area contributed by atoms with Crippen LogP contribution in [0.4, 0.5) is 4.79 Å². The number of nitrogens with zero attached hydrogens (tertiary/aromatic N) is 2. The first-order chi connectivity index (χ1) is 15.9. The van der Waals surface area contributed by atoms with Crippen LogP contribution < -0.4 is 5.32 Å². The quantitative estimate of drug-likeness (QED) is 0.478. The number of Topliss-reactive ketones (excluding diaryl/α,β-unsaturated/α-hetero) is 1. The number of amides is 3. The fraction of sp³-hybridized carbons (Fsp3) is 0.296. The van der Waals surface area contributed by atoms with E-state index in [1.165, 1.54) is 0 Å². The van der Waals surface area contributed by atoms with Crippen molar-refractivity contribution in [2.75, 3.05) is 6.54 Å². The molecule has 1 spiro atoms. The summed E-state index contributed by atoms with van der Waals surface area (Å²) in [5.41, 5.74) is 4.37. The predicted octanol–water partition coefficient (Wildman–Crippen LogP) is 4.12. The van der Waals surface area contributed by atoms with E-state index in [0.29, 0.717) is 18.5 Å². The monoisotopic (exact) mass is 441 g/mol. The molecular weight excluding hydrogens is 414 g/mol. The van der Waals surface area contributed by atoms with Gasteiger partial charge in [-0.15, -0.1) is 0 Å². The van der Waals surface area contributed by atoms with E-state index < -0.39 is 11.6 Å². The predicted molar refractivity (Wildman–Crippen MR) is 125 cm³/mol. The maximum absolute atomic E-state index is 13.5. The molecule has 33 heavy (non-hydrogen) atoms. The largest absolute Gasteiger partial charge is 0.344 e. The molecule has 168 valence electrons.